The van der Waals surface area contributed by atoms with Gasteiger partial charge in [-0.2, -0.15) is 0 Å². The van der Waals surface area contributed by atoms with Crippen molar-refractivity contribution in [3.05, 3.63) is 46.0 Å². The molecule has 0 aliphatic carbocycles. The van der Waals surface area contributed by atoms with Crippen LogP contribution in [0.1, 0.15) is 0 Å². The van der Waals surface area contributed by atoms with Gasteiger partial charge in [-0.3, -0.25) is 0 Å². The third kappa shape index (κ3) is 855. The summed E-state index contributed by atoms with van der Waals surface area (Å²) in [7, 11) is 0. The first kappa shape index (κ1) is 29.3. The summed E-state index contributed by atoms with van der Waals surface area (Å²) in [5.41, 5.74) is 0. The van der Waals surface area contributed by atoms with Crippen LogP contribution in [0, 0.1) is 85.9 Å². The van der Waals surface area contributed by atoms with Gasteiger partial charge in [0.1, 0.15) is 0 Å². The Balaban J connectivity index is -0.0000000270. The average Bonchev–Trinajstić information content (AvgIpc) is 1.54. The minimum atomic E-state index is -1.75. The number of rotatable bonds is 0. The molecule has 0 rings (SSSR count). The van der Waals surface area contributed by atoms with Crippen molar-refractivity contribution in [3.8, 4) is 0 Å². The molecule has 0 saturated carbocycles. The molecule has 85 valence electrons. The summed E-state index contributed by atoms with van der Waals surface area (Å²) < 4.78 is 0. The molecular weight excluding hydrogens is 357 g/mol. The van der Waals surface area contributed by atoms with Gasteiger partial charge in [-0.25, -0.2) is 0 Å². The first-order valence-corrected chi connectivity index (χ1v) is 1.64. The molecule has 0 spiro atoms. The maximum Gasteiger partial charge on any atom is 3.00 e. The van der Waals surface area contributed by atoms with E-state index in [0.717, 1.165) is 0 Å². The molecule has 3 N–H and O–H groups in total. The van der Waals surface area contributed by atoms with E-state index >= 15 is 0 Å². The molecule has 0 amide bonds. The Kier molecular flexibility index (Phi) is 47.4. The van der Waals surface area contributed by atoms with Crippen LogP contribution in [0.3, 0.4) is 0 Å². The zero-order valence-electron chi connectivity index (χ0n) is 6.08. The van der Waals surface area contributed by atoms with E-state index in [9.17, 15) is 0 Å². The van der Waals surface area contributed by atoms with Crippen molar-refractivity contribution < 1.29 is 55.2 Å². The predicted molar refractivity (Wildman–Crippen MR) is 36.1 cm³/mol. The molecule has 0 unspecified atom stereocenters. The molecule has 0 aromatic rings. The normalized spacial score (nSPS) is 5.14. The molecule has 0 aromatic carbocycles. The second-order valence-electron chi connectivity index (χ2n) is 0.671. The van der Waals surface area contributed by atoms with Crippen molar-refractivity contribution in [1.29, 1.82) is 0 Å². The van der Waals surface area contributed by atoms with Gasteiger partial charge in [-0.15, -0.1) is 0 Å². The van der Waals surface area contributed by atoms with E-state index in [1.165, 1.54) is 0 Å². The molecule has 14 heteroatoms. The molecule has 0 aromatic heterocycles. The molecule has 14 heavy (non-hydrogen) atoms. The molecule has 13 nitrogen and oxygen atoms in total. The van der Waals surface area contributed by atoms with Gasteiger partial charge in [0, 0.05) is 0 Å². The summed E-state index contributed by atoms with van der Waals surface area (Å²) in [6, 6.07) is 0. The molecule has 0 atom stereocenters. The van der Waals surface area contributed by atoms with Crippen LogP contribution in [-0.2, 0) is 0 Å². The van der Waals surface area contributed by atoms with Crippen LogP contribution in [0.2, 0.25) is 0 Å². The van der Waals surface area contributed by atoms with E-state index in [1.54, 1.807) is 0 Å². The summed E-state index contributed by atoms with van der Waals surface area (Å²) >= 11 is 0. The predicted octanol–water partition coefficient (Wildman–Crippen LogP) is -0.555. The smallest absolute Gasteiger partial charge is 0.356 e. The second kappa shape index (κ2) is 22.6. The first-order valence-electron chi connectivity index (χ1n) is 1.64. The topological polar surface area (TPSA) is 234 Å². The molecule has 0 aliphatic rings. The van der Waals surface area contributed by atoms with Gasteiger partial charge in [-0.05, 0) is 0 Å². The van der Waals surface area contributed by atoms with Crippen molar-refractivity contribution >= 4 is 0 Å². The Morgan fingerprint density at radius 3 is 0.571 bits per heavy atom. The van der Waals surface area contributed by atoms with Crippen LogP contribution in [0.4, 0.5) is 0 Å². The Hall–Kier alpha value is -1.12. The zero-order valence-corrected chi connectivity index (χ0v) is 8.35. The molecule has 0 aliphatic heterocycles. The first-order chi connectivity index (χ1) is 5.20. The molecule has 0 heterocycles. The minimum Gasteiger partial charge on any atom is -0.356 e. The maximum absolute atomic E-state index is 8.25. The van der Waals surface area contributed by atoms with Crippen LogP contribution in [-0.4, -0.2) is 15.3 Å². The third-order valence-corrected chi connectivity index (χ3v) is 0. The Labute approximate surface area is 107 Å². The molecule has 0 bridgehead atoms. The van der Waals surface area contributed by atoms with E-state index in [4.69, 9.17) is 46.0 Å². The van der Waals surface area contributed by atoms with Crippen LogP contribution < -0.4 is 6.15 Å². The molecule has 0 saturated heterocycles. The van der Waals surface area contributed by atoms with E-state index in [2.05, 4.69) is 0 Å². The number of hydrogen-bond donors (Lipinski definition) is 1. The Morgan fingerprint density at radius 2 is 0.571 bits per heavy atom. The van der Waals surface area contributed by atoms with E-state index in [0.29, 0.717) is 0 Å². The third-order valence-electron chi connectivity index (χ3n) is 0. The fourth-order valence-corrected chi connectivity index (χ4v) is 0. The molecular formula is H3GdN4O9. The SMILES string of the molecule is N.O=[N+]([O-])[O-].O=[N+]([O-])[O-].O=[N+]([O-])[O-].[Gd+3]. The van der Waals surface area contributed by atoms with Crippen LogP contribution in [0.15, 0.2) is 0 Å². The van der Waals surface area contributed by atoms with Gasteiger partial charge >= 0.3 is 39.9 Å². The van der Waals surface area contributed by atoms with Crippen molar-refractivity contribution in [2.75, 3.05) is 0 Å². The Bertz CT molecular complexity index is 114. The van der Waals surface area contributed by atoms with Gasteiger partial charge in [0.15, 0.2) is 0 Å². The fraction of sp³-hybridized carbons (Fsp3) is 0. The van der Waals surface area contributed by atoms with Gasteiger partial charge in [0.25, 0.3) is 0 Å². The standard InChI is InChI=1S/Gd.3NO3.H3N/c;3*2-1(3)4;/h;;;;1H3/q+3;3*-1;. The van der Waals surface area contributed by atoms with E-state index < -0.39 is 15.3 Å². The van der Waals surface area contributed by atoms with Crippen LogP contribution >= 0.6 is 0 Å². The zero-order chi connectivity index (χ0) is 10.7. The average molecular weight is 360 g/mol. The van der Waals surface area contributed by atoms with Crippen molar-refractivity contribution in [2.45, 2.75) is 0 Å². The van der Waals surface area contributed by atoms with Crippen molar-refractivity contribution in [2.24, 2.45) is 0 Å². The van der Waals surface area contributed by atoms with Crippen LogP contribution in [0.25, 0.3) is 0 Å². The Morgan fingerprint density at radius 1 is 0.571 bits per heavy atom. The monoisotopic (exact) mass is 361 g/mol. The summed E-state index contributed by atoms with van der Waals surface area (Å²) in [5, 5.41) is 44.2. The number of nitrogens with zero attached hydrogens (tertiary/aromatic N) is 3. The summed E-state index contributed by atoms with van der Waals surface area (Å²) in [5.74, 6) is 0. The second-order valence-corrected chi connectivity index (χ2v) is 0.671. The van der Waals surface area contributed by atoms with Gasteiger partial charge in [0.05, 0.1) is 15.3 Å². The van der Waals surface area contributed by atoms with Crippen LogP contribution in [0.5, 0.6) is 0 Å². The van der Waals surface area contributed by atoms with E-state index in [-0.39, 0.29) is 46.1 Å². The summed E-state index contributed by atoms with van der Waals surface area (Å²) in [4.78, 5) is 24.8. The minimum absolute atomic E-state index is 0. The van der Waals surface area contributed by atoms with Crippen molar-refractivity contribution in [3.63, 3.8) is 0 Å². The van der Waals surface area contributed by atoms with E-state index in [1.807, 2.05) is 0 Å². The quantitative estimate of drug-likeness (QED) is 0.427. The maximum atomic E-state index is 8.25. The molecule has 1 radical (unpaired) electrons. The summed E-state index contributed by atoms with van der Waals surface area (Å²) in [6.45, 7) is 0. The molecule has 0 fully saturated rings. The number of hydrogen-bond acceptors (Lipinski definition) is 10. The fourth-order valence-electron chi connectivity index (χ4n) is 0. The van der Waals surface area contributed by atoms with Crippen molar-refractivity contribution in [1.82, 2.24) is 6.15 Å². The van der Waals surface area contributed by atoms with Gasteiger partial charge in [-0.1, -0.05) is 0 Å². The van der Waals surface area contributed by atoms with Gasteiger partial charge < -0.3 is 52.1 Å². The summed E-state index contributed by atoms with van der Waals surface area (Å²) in [6.07, 6.45) is 0. The van der Waals surface area contributed by atoms with Gasteiger partial charge in [0.2, 0.25) is 0 Å². The largest absolute Gasteiger partial charge is 3.00 e.